The summed E-state index contributed by atoms with van der Waals surface area (Å²) >= 11 is 0. The Morgan fingerprint density at radius 1 is 1.11 bits per heavy atom. The van der Waals surface area contributed by atoms with Gasteiger partial charge in [0.05, 0.1) is 43.5 Å². The van der Waals surface area contributed by atoms with Crippen LogP contribution in [0.4, 0.5) is 0 Å². The fourth-order valence-corrected chi connectivity index (χ4v) is 3.83. The largest absolute Gasteiger partial charge is 0.466 e. The van der Waals surface area contributed by atoms with E-state index in [9.17, 15) is 14.4 Å². The molecule has 1 aromatic heterocycles. The number of esters is 2. The quantitative estimate of drug-likeness (QED) is 0.550. The van der Waals surface area contributed by atoms with Crippen LogP contribution in [0, 0.1) is 19.8 Å². The number of hydrogen-bond donors (Lipinski definition) is 2. The number of H-pyrrole nitrogens is 1. The van der Waals surface area contributed by atoms with Crippen LogP contribution in [0.2, 0.25) is 0 Å². The number of ether oxygens (including phenoxy) is 2. The van der Waals surface area contributed by atoms with Crippen molar-refractivity contribution in [2.24, 2.45) is 5.92 Å². The van der Waals surface area contributed by atoms with Crippen molar-refractivity contribution in [2.45, 2.75) is 53.5 Å². The number of hydrogen-bond acceptors (Lipinski definition) is 5. The molecule has 1 fully saturated rings. The van der Waals surface area contributed by atoms with Gasteiger partial charge >= 0.3 is 11.9 Å². The molecule has 2 rings (SSSR count). The molecule has 1 atom stereocenters. The zero-order valence-electron chi connectivity index (χ0n) is 16.9. The number of aromatic amines is 1. The van der Waals surface area contributed by atoms with Gasteiger partial charge in [0.25, 0.3) is 0 Å². The molecular weight excluding hydrogens is 348 g/mol. The first-order valence-electron chi connectivity index (χ1n) is 9.73. The van der Waals surface area contributed by atoms with Crippen LogP contribution in [0.25, 0.3) is 0 Å². The molecule has 0 spiro atoms. The zero-order valence-corrected chi connectivity index (χ0v) is 16.9. The lowest BCUT2D eigenvalue weighted by molar-refractivity contribution is -0.919. The Labute approximate surface area is 160 Å². The number of ketones is 1. The summed E-state index contributed by atoms with van der Waals surface area (Å²) in [6, 6.07) is -0.250. The Balaban J connectivity index is 2.07. The first-order chi connectivity index (χ1) is 12.8. The second-order valence-corrected chi connectivity index (χ2v) is 7.12. The summed E-state index contributed by atoms with van der Waals surface area (Å²) in [5.74, 6) is -0.625. The molecule has 0 amide bonds. The van der Waals surface area contributed by atoms with Crippen LogP contribution >= 0.6 is 0 Å². The molecule has 0 aliphatic carbocycles. The van der Waals surface area contributed by atoms with Crippen LogP contribution < -0.4 is 4.90 Å². The fourth-order valence-electron chi connectivity index (χ4n) is 3.83. The number of quaternary nitrogens is 1. The van der Waals surface area contributed by atoms with Gasteiger partial charge in [0.1, 0.15) is 6.04 Å². The lowest BCUT2D eigenvalue weighted by Crippen LogP contribution is -3.17. The summed E-state index contributed by atoms with van der Waals surface area (Å²) in [7, 11) is 0. The summed E-state index contributed by atoms with van der Waals surface area (Å²) < 4.78 is 10.2. The van der Waals surface area contributed by atoms with Crippen molar-refractivity contribution in [3.8, 4) is 0 Å². The van der Waals surface area contributed by atoms with Crippen molar-refractivity contribution in [2.75, 3.05) is 26.3 Å². The van der Waals surface area contributed by atoms with Gasteiger partial charge in [-0.25, -0.2) is 4.79 Å². The molecule has 1 aromatic rings. The number of aromatic nitrogens is 1. The summed E-state index contributed by atoms with van der Waals surface area (Å²) in [6.07, 6.45) is 1.45. The maximum absolute atomic E-state index is 13.0. The monoisotopic (exact) mass is 379 g/mol. The second-order valence-electron chi connectivity index (χ2n) is 7.12. The number of aryl methyl sites for hydroxylation is 1. The Bertz CT molecular complexity index is 701. The molecule has 0 bridgehead atoms. The number of rotatable bonds is 7. The van der Waals surface area contributed by atoms with Crippen molar-refractivity contribution in [3.05, 3.63) is 22.5 Å². The van der Waals surface area contributed by atoms with Crippen molar-refractivity contribution < 1.29 is 28.8 Å². The summed E-state index contributed by atoms with van der Waals surface area (Å²) in [5.41, 5.74) is 2.22. The van der Waals surface area contributed by atoms with Crippen LogP contribution in [-0.4, -0.2) is 55.1 Å². The minimum atomic E-state index is -0.405. The zero-order chi connectivity index (χ0) is 20.1. The van der Waals surface area contributed by atoms with Crippen molar-refractivity contribution in [3.63, 3.8) is 0 Å². The van der Waals surface area contributed by atoms with E-state index in [1.807, 2.05) is 13.8 Å². The van der Waals surface area contributed by atoms with E-state index in [4.69, 9.17) is 9.47 Å². The standard InChI is InChI=1S/C20H30N2O5/c1-6-26-19(24)15-8-10-22(11-9-15)14(5)18(23)17-12(3)16(13(4)21-17)20(25)27-7-2/h14-15,21H,6-11H2,1-5H3/p+1/t14-/m1/s1. The van der Waals surface area contributed by atoms with Gasteiger partial charge in [-0.15, -0.1) is 0 Å². The van der Waals surface area contributed by atoms with Gasteiger partial charge in [-0.3, -0.25) is 9.59 Å². The molecule has 27 heavy (non-hydrogen) atoms. The fraction of sp³-hybridized carbons (Fsp3) is 0.650. The van der Waals surface area contributed by atoms with Gasteiger partial charge in [-0.05, 0) is 40.2 Å². The first kappa shape index (κ1) is 21.2. The molecule has 0 unspecified atom stereocenters. The molecule has 1 aliphatic heterocycles. The SMILES string of the molecule is CCOC(=O)c1c(C)[nH]c(C(=O)[C@@H](C)[NH+]2CCC(C(=O)OCC)CC2)c1C. The number of carbonyl (C=O) groups excluding carboxylic acids is 3. The highest BCUT2D eigenvalue weighted by Crippen LogP contribution is 2.20. The van der Waals surface area contributed by atoms with E-state index in [1.165, 1.54) is 0 Å². The topological polar surface area (TPSA) is 89.9 Å². The normalized spacial score (nSPS) is 20.8. The molecule has 7 heteroatoms. The number of nitrogens with one attached hydrogen (secondary N) is 2. The number of Topliss-reactive ketones (excluding diaryl/α,β-unsaturated/α-hetero) is 1. The van der Waals surface area contributed by atoms with Crippen molar-refractivity contribution in [1.29, 1.82) is 0 Å². The Morgan fingerprint density at radius 2 is 1.70 bits per heavy atom. The molecule has 0 radical (unpaired) electrons. The summed E-state index contributed by atoms with van der Waals surface area (Å²) in [5, 5.41) is 0. The molecule has 2 N–H and O–H groups in total. The smallest absolute Gasteiger partial charge is 0.340 e. The van der Waals surface area contributed by atoms with Crippen LogP contribution in [0.3, 0.4) is 0 Å². The van der Waals surface area contributed by atoms with E-state index in [0.717, 1.165) is 30.8 Å². The van der Waals surface area contributed by atoms with Crippen molar-refractivity contribution >= 4 is 17.7 Å². The van der Waals surface area contributed by atoms with E-state index in [0.29, 0.717) is 35.7 Å². The third-order valence-corrected chi connectivity index (χ3v) is 5.42. The third-order valence-electron chi connectivity index (χ3n) is 5.42. The van der Waals surface area contributed by atoms with Crippen LogP contribution in [0.5, 0.6) is 0 Å². The van der Waals surface area contributed by atoms with Gasteiger partial charge < -0.3 is 19.4 Å². The van der Waals surface area contributed by atoms with Gasteiger partial charge in [-0.2, -0.15) is 0 Å². The molecule has 0 aromatic carbocycles. The Morgan fingerprint density at radius 3 is 2.26 bits per heavy atom. The van der Waals surface area contributed by atoms with Crippen molar-refractivity contribution in [1.82, 2.24) is 4.98 Å². The average Bonchev–Trinajstić information content (AvgIpc) is 2.95. The second kappa shape index (κ2) is 9.17. The predicted octanol–water partition coefficient (Wildman–Crippen LogP) is 1.24. The van der Waals surface area contributed by atoms with E-state index < -0.39 is 5.97 Å². The maximum Gasteiger partial charge on any atom is 0.340 e. The van der Waals surface area contributed by atoms with Crippen LogP contribution in [0.1, 0.15) is 65.7 Å². The van der Waals surface area contributed by atoms with Gasteiger partial charge in [0, 0.05) is 18.5 Å². The highest BCUT2D eigenvalue weighted by atomic mass is 16.5. The molecule has 1 saturated heterocycles. The highest BCUT2D eigenvalue weighted by molar-refractivity contribution is 6.03. The maximum atomic E-state index is 13.0. The first-order valence-corrected chi connectivity index (χ1v) is 9.73. The molecule has 7 nitrogen and oxygen atoms in total. The minimum Gasteiger partial charge on any atom is -0.466 e. The minimum absolute atomic E-state index is 0.0178. The Hall–Kier alpha value is -2.15. The highest BCUT2D eigenvalue weighted by Gasteiger charge is 2.35. The molecule has 1 aliphatic rings. The number of piperidine rings is 1. The Kier molecular flexibility index (Phi) is 7.18. The summed E-state index contributed by atoms with van der Waals surface area (Å²) in [6.45, 7) is 11.2. The van der Waals surface area contributed by atoms with Gasteiger partial charge in [-0.1, -0.05) is 0 Å². The average molecular weight is 379 g/mol. The van der Waals surface area contributed by atoms with E-state index in [2.05, 4.69) is 4.98 Å². The number of likely N-dealkylation sites (tertiary alicyclic amines) is 1. The third kappa shape index (κ3) is 4.58. The van der Waals surface area contributed by atoms with Gasteiger partial charge in [0.2, 0.25) is 5.78 Å². The van der Waals surface area contributed by atoms with E-state index >= 15 is 0 Å². The van der Waals surface area contributed by atoms with Crippen LogP contribution in [0.15, 0.2) is 0 Å². The summed E-state index contributed by atoms with van der Waals surface area (Å²) in [4.78, 5) is 41.3. The predicted molar refractivity (Wildman–Crippen MR) is 100 cm³/mol. The van der Waals surface area contributed by atoms with E-state index in [-0.39, 0.29) is 23.7 Å². The lowest BCUT2D eigenvalue weighted by atomic mass is 9.94. The molecule has 2 heterocycles. The molecular formula is C20H31N2O5+. The van der Waals surface area contributed by atoms with Gasteiger partial charge in [0.15, 0.2) is 0 Å². The molecule has 0 saturated carbocycles. The van der Waals surface area contributed by atoms with Crippen LogP contribution in [-0.2, 0) is 14.3 Å². The van der Waals surface area contributed by atoms with E-state index in [1.54, 1.807) is 20.8 Å². The molecule has 150 valence electrons. The number of carbonyl (C=O) groups is 3. The lowest BCUT2D eigenvalue weighted by Gasteiger charge is -2.31.